The fourth-order valence-corrected chi connectivity index (χ4v) is 1.65. The average molecular weight is 187 g/mol. The Morgan fingerprint density at radius 3 is 2.21 bits per heavy atom. The van der Waals surface area contributed by atoms with Gasteiger partial charge in [-0.1, -0.05) is 17.2 Å². The van der Waals surface area contributed by atoms with Crippen molar-refractivity contribution in [2.45, 2.75) is 13.8 Å². The van der Waals surface area contributed by atoms with Gasteiger partial charge >= 0.3 is 0 Å². The van der Waals surface area contributed by atoms with E-state index in [1.165, 1.54) is 11.1 Å². The summed E-state index contributed by atoms with van der Waals surface area (Å²) in [5.41, 5.74) is 3.63. The lowest BCUT2D eigenvalue weighted by Gasteiger charge is -2.03. The zero-order valence-electron chi connectivity index (χ0n) is 8.65. The fourth-order valence-electron chi connectivity index (χ4n) is 1.65. The Hall–Kier alpha value is -1.64. The van der Waals surface area contributed by atoms with E-state index in [0.717, 1.165) is 11.4 Å². The van der Waals surface area contributed by atoms with Crippen LogP contribution < -0.4 is 0 Å². The molecule has 0 amide bonds. The van der Waals surface area contributed by atoms with Gasteiger partial charge in [0.25, 0.3) is 0 Å². The Labute approximate surface area is 83.4 Å². The van der Waals surface area contributed by atoms with Crippen LogP contribution in [0.25, 0.3) is 11.4 Å². The summed E-state index contributed by atoms with van der Waals surface area (Å²) < 4.78 is 1.92. The number of rotatable bonds is 1. The first-order valence-corrected chi connectivity index (χ1v) is 4.59. The number of aromatic nitrogens is 3. The molecule has 0 N–H and O–H groups in total. The zero-order valence-corrected chi connectivity index (χ0v) is 8.65. The molecule has 0 atom stereocenters. The Bertz CT molecular complexity index is 437. The number of benzene rings is 1. The van der Waals surface area contributed by atoms with Crippen molar-refractivity contribution in [3.05, 3.63) is 35.7 Å². The van der Waals surface area contributed by atoms with E-state index < -0.39 is 0 Å². The summed E-state index contributed by atoms with van der Waals surface area (Å²) in [7, 11) is 1.95. The molecule has 14 heavy (non-hydrogen) atoms. The van der Waals surface area contributed by atoms with Gasteiger partial charge in [-0.2, -0.15) is 0 Å². The number of hydrogen-bond acceptors (Lipinski definition) is 2. The van der Waals surface area contributed by atoms with E-state index in [1.54, 1.807) is 6.33 Å². The van der Waals surface area contributed by atoms with E-state index in [9.17, 15) is 0 Å². The van der Waals surface area contributed by atoms with Crippen molar-refractivity contribution in [1.82, 2.24) is 14.8 Å². The average Bonchev–Trinajstić information content (AvgIpc) is 2.49. The van der Waals surface area contributed by atoms with E-state index in [4.69, 9.17) is 0 Å². The van der Waals surface area contributed by atoms with Crippen LogP contribution >= 0.6 is 0 Å². The predicted molar refractivity (Wildman–Crippen MR) is 55.9 cm³/mol. The smallest absolute Gasteiger partial charge is 0.163 e. The molecule has 3 nitrogen and oxygen atoms in total. The third kappa shape index (κ3) is 1.53. The molecule has 0 radical (unpaired) electrons. The van der Waals surface area contributed by atoms with Gasteiger partial charge in [0.2, 0.25) is 0 Å². The van der Waals surface area contributed by atoms with Gasteiger partial charge < -0.3 is 4.57 Å². The molecular formula is C11H13N3. The van der Waals surface area contributed by atoms with E-state index in [-0.39, 0.29) is 0 Å². The van der Waals surface area contributed by atoms with Crippen molar-refractivity contribution in [3.63, 3.8) is 0 Å². The van der Waals surface area contributed by atoms with Gasteiger partial charge in [0.15, 0.2) is 5.82 Å². The van der Waals surface area contributed by atoms with Crippen LogP contribution in [0, 0.1) is 13.8 Å². The van der Waals surface area contributed by atoms with Crippen LogP contribution in [0.4, 0.5) is 0 Å². The minimum absolute atomic E-state index is 0.914. The van der Waals surface area contributed by atoms with Crippen LogP contribution in [-0.4, -0.2) is 14.8 Å². The van der Waals surface area contributed by atoms with Crippen LogP contribution in [0.15, 0.2) is 24.5 Å². The topological polar surface area (TPSA) is 30.7 Å². The molecule has 0 saturated carbocycles. The van der Waals surface area contributed by atoms with E-state index in [2.05, 4.69) is 42.2 Å². The Morgan fingerprint density at radius 1 is 1.07 bits per heavy atom. The van der Waals surface area contributed by atoms with Gasteiger partial charge in [-0.25, -0.2) is 0 Å². The highest BCUT2D eigenvalue weighted by Crippen LogP contribution is 2.18. The van der Waals surface area contributed by atoms with Gasteiger partial charge in [-0.3, -0.25) is 0 Å². The molecule has 0 aliphatic rings. The molecule has 1 aromatic heterocycles. The lowest BCUT2D eigenvalue weighted by molar-refractivity contribution is 0.919. The summed E-state index contributed by atoms with van der Waals surface area (Å²) in [6.45, 7) is 4.18. The molecule has 1 heterocycles. The molecule has 0 fully saturated rings. The lowest BCUT2D eigenvalue weighted by Crippen LogP contribution is -1.92. The third-order valence-corrected chi connectivity index (χ3v) is 2.19. The minimum Gasteiger partial charge on any atom is -0.317 e. The molecule has 0 aliphatic carbocycles. The van der Waals surface area contributed by atoms with Crippen LogP contribution in [0.1, 0.15) is 11.1 Å². The predicted octanol–water partition coefficient (Wildman–Crippen LogP) is 2.10. The number of aryl methyl sites for hydroxylation is 3. The maximum atomic E-state index is 4.08. The first-order chi connectivity index (χ1) is 6.66. The van der Waals surface area contributed by atoms with Crippen LogP contribution in [0.2, 0.25) is 0 Å². The van der Waals surface area contributed by atoms with E-state index in [0.29, 0.717) is 0 Å². The second-order valence-corrected chi connectivity index (χ2v) is 3.64. The van der Waals surface area contributed by atoms with Crippen molar-refractivity contribution in [1.29, 1.82) is 0 Å². The summed E-state index contributed by atoms with van der Waals surface area (Å²) in [6, 6.07) is 6.40. The van der Waals surface area contributed by atoms with Crippen LogP contribution in [0.3, 0.4) is 0 Å². The molecular weight excluding hydrogens is 174 g/mol. The van der Waals surface area contributed by atoms with Gasteiger partial charge in [0.05, 0.1) is 0 Å². The Morgan fingerprint density at radius 2 is 1.71 bits per heavy atom. The van der Waals surface area contributed by atoms with Gasteiger partial charge in [-0.15, -0.1) is 10.2 Å². The number of nitrogens with zero attached hydrogens (tertiary/aromatic N) is 3. The first-order valence-electron chi connectivity index (χ1n) is 4.59. The van der Waals surface area contributed by atoms with Gasteiger partial charge in [0.1, 0.15) is 6.33 Å². The standard InChI is InChI=1S/C11H13N3/c1-8-4-9(2)6-10(5-8)11-13-12-7-14(11)3/h4-7H,1-3H3. The third-order valence-electron chi connectivity index (χ3n) is 2.19. The van der Waals surface area contributed by atoms with E-state index in [1.807, 2.05) is 11.6 Å². The van der Waals surface area contributed by atoms with Crippen LogP contribution in [-0.2, 0) is 7.05 Å². The molecule has 0 bridgehead atoms. The lowest BCUT2D eigenvalue weighted by atomic mass is 10.1. The molecule has 0 aliphatic heterocycles. The van der Waals surface area contributed by atoms with Crippen molar-refractivity contribution >= 4 is 0 Å². The van der Waals surface area contributed by atoms with E-state index >= 15 is 0 Å². The summed E-state index contributed by atoms with van der Waals surface area (Å²) in [5, 5.41) is 7.95. The second-order valence-electron chi connectivity index (χ2n) is 3.64. The fraction of sp³-hybridized carbons (Fsp3) is 0.273. The summed E-state index contributed by atoms with van der Waals surface area (Å²) in [5.74, 6) is 0.914. The zero-order chi connectivity index (χ0) is 10.1. The minimum atomic E-state index is 0.914. The number of hydrogen-bond donors (Lipinski definition) is 0. The maximum absolute atomic E-state index is 4.08. The van der Waals surface area contributed by atoms with Crippen molar-refractivity contribution in [3.8, 4) is 11.4 Å². The second kappa shape index (κ2) is 3.25. The monoisotopic (exact) mass is 187 g/mol. The van der Waals surface area contributed by atoms with Crippen molar-refractivity contribution < 1.29 is 0 Å². The highest BCUT2D eigenvalue weighted by atomic mass is 15.2. The molecule has 1 aromatic carbocycles. The summed E-state index contributed by atoms with van der Waals surface area (Å²) >= 11 is 0. The molecule has 0 unspecified atom stereocenters. The van der Waals surface area contributed by atoms with Gasteiger partial charge in [0, 0.05) is 12.6 Å². The highest BCUT2D eigenvalue weighted by Gasteiger charge is 2.04. The molecule has 2 aromatic rings. The van der Waals surface area contributed by atoms with Crippen molar-refractivity contribution in [2.75, 3.05) is 0 Å². The molecule has 2 rings (SSSR count). The molecule has 3 heteroatoms. The molecule has 0 saturated heterocycles. The quantitative estimate of drug-likeness (QED) is 0.684. The normalized spacial score (nSPS) is 10.5. The summed E-state index contributed by atoms with van der Waals surface area (Å²) in [4.78, 5) is 0. The highest BCUT2D eigenvalue weighted by molar-refractivity contribution is 5.57. The molecule has 0 spiro atoms. The van der Waals surface area contributed by atoms with Crippen LogP contribution in [0.5, 0.6) is 0 Å². The first kappa shape index (κ1) is 8.94. The Kier molecular flexibility index (Phi) is 2.08. The summed E-state index contributed by atoms with van der Waals surface area (Å²) in [6.07, 6.45) is 1.72. The molecule has 72 valence electrons. The Balaban J connectivity index is 2.57. The maximum Gasteiger partial charge on any atom is 0.163 e. The van der Waals surface area contributed by atoms with Crippen molar-refractivity contribution in [2.24, 2.45) is 7.05 Å². The largest absolute Gasteiger partial charge is 0.317 e. The van der Waals surface area contributed by atoms with Gasteiger partial charge in [-0.05, 0) is 26.0 Å². The SMILES string of the molecule is Cc1cc(C)cc(-c2nncn2C)c1.